The van der Waals surface area contributed by atoms with Crippen LogP contribution < -0.4 is 15.4 Å². The second-order valence-corrected chi connectivity index (χ2v) is 6.10. The number of nitrogens with one attached hydrogen (secondary N) is 2. The van der Waals surface area contributed by atoms with Gasteiger partial charge in [-0.25, -0.2) is 0 Å². The minimum absolute atomic E-state index is 0.718. The van der Waals surface area contributed by atoms with Gasteiger partial charge in [-0.2, -0.15) is 0 Å². The summed E-state index contributed by atoms with van der Waals surface area (Å²) < 4.78 is 5.16. The molecule has 0 aliphatic carbocycles. The second kappa shape index (κ2) is 9.89. The van der Waals surface area contributed by atoms with Gasteiger partial charge in [0.2, 0.25) is 0 Å². The van der Waals surface area contributed by atoms with Crippen LogP contribution in [0.3, 0.4) is 0 Å². The molecule has 6 heteroatoms. The van der Waals surface area contributed by atoms with Gasteiger partial charge in [0.25, 0.3) is 0 Å². The molecule has 0 aliphatic heterocycles. The number of rotatable bonds is 7. The minimum Gasteiger partial charge on any atom is -0.497 e. The molecule has 0 aliphatic rings. The number of halogens is 1. The fourth-order valence-electron chi connectivity index (χ4n) is 2.37. The van der Waals surface area contributed by atoms with Crippen molar-refractivity contribution in [1.82, 2.24) is 15.6 Å². The second-order valence-electron chi connectivity index (χ2n) is 5.69. The lowest BCUT2D eigenvalue weighted by atomic mass is 10.1. The van der Waals surface area contributed by atoms with Crippen LogP contribution in [-0.2, 0) is 12.8 Å². The van der Waals surface area contributed by atoms with Gasteiger partial charge < -0.3 is 15.4 Å². The van der Waals surface area contributed by atoms with Crippen molar-refractivity contribution in [3.8, 4) is 5.75 Å². The van der Waals surface area contributed by atoms with Crippen molar-refractivity contribution >= 4 is 17.6 Å². The molecule has 1 aromatic heterocycles. The maximum Gasteiger partial charge on any atom is 0.190 e. The van der Waals surface area contributed by atoms with Crippen LogP contribution in [0, 0.1) is 6.92 Å². The summed E-state index contributed by atoms with van der Waals surface area (Å²) in [6.07, 6.45) is 3.63. The van der Waals surface area contributed by atoms with Crippen molar-refractivity contribution in [2.45, 2.75) is 19.8 Å². The van der Waals surface area contributed by atoms with Gasteiger partial charge in [0, 0.05) is 37.1 Å². The highest BCUT2D eigenvalue weighted by atomic mass is 35.5. The largest absolute Gasteiger partial charge is 0.497 e. The molecule has 2 N–H and O–H groups in total. The predicted molar refractivity (Wildman–Crippen MR) is 104 cm³/mol. The van der Waals surface area contributed by atoms with Crippen LogP contribution in [0.1, 0.15) is 16.8 Å². The molecular weight excluding hydrogens is 336 g/mol. The van der Waals surface area contributed by atoms with Crippen LogP contribution in [0.25, 0.3) is 0 Å². The Morgan fingerprint density at radius 2 is 1.92 bits per heavy atom. The maximum absolute atomic E-state index is 6.26. The first kappa shape index (κ1) is 19.1. The van der Waals surface area contributed by atoms with Crippen LogP contribution in [-0.4, -0.2) is 38.2 Å². The Morgan fingerprint density at radius 3 is 2.52 bits per heavy atom. The Bertz CT molecular complexity index is 701. The van der Waals surface area contributed by atoms with E-state index >= 15 is 0 Å². The summed E-state index contributed by atoms with van der Waals surface area (Å²) in [4.78, 5) is 8.55. The molecule has 0 saturated heterocycles. The summed E-state index contributed by atoms with van der Waals surface area (Å²) in [6.45, 7) is 3.54. The number of guanidine groups is 1. The van der Waals surface area contributed by atoms with Gasteiger partial charge in [0.05, 0.1) is 7.11 Å². The van der Waals surface area contributed by atoms with E-state index in [2.05, 4.69) is 26.7 Å². The van der Waals surface area contributed by atoms with Crippen LogP contribution in [0.5, 0.6) is 5.75 Å². The van der Waals surface area contributed by atoms with Gasteiger partial charge >= 0.3 is 0 Å². The molecule has 0 radical (unpaired) electrons. The van der Waals surface area contributed by atoms with Crippen LogP contribution in [0.15, 0.2) is 41.5 Å². The molecule has 0 amide bonds. The number of nitrogens with zero attached hydrogens (tertiary/aromatic N) is 2. The summed E-state index contributed by atoms with van der Waals surface area (Å²) in [7, 11) is 3.40. The molecule has 0 spiro atoms. The molecule has 0 saturated carbocycles. The monoisotopic (exact) mass is 360 g/mol. The standard InChI is InChI=1S/C19H25ClN4O/c1-14-4-5-15(13-24-14)8-10-22-19(21-2)23-11-9-16-6-7-17(25-3)12-18(16)20/h4-7,12-13H,8-11H2,1-3H3,(H2,21,22,23). The number of aliphatic imine (C=N–C) groups is 1. The average molecular weight is 361 g/mol. The minimum atomic E-state index is 0.718. The fraction of sp³-hybridized carbons (Fsp3) is 0.368. The number of benzene rings is 1. The number of aryl methyl sites for hydroxylation is 1. The first-order chi connectivity index (χ1) is 12.1. The normalized spacial score (nSPS) is 11.3. The molecule has 1 aromatic carbocycles. The molecule has 25 heavy (non-hydrogen) atoms. The van der Waals surface area contributed by atoms with E-state index in [1.165, 1.54) is 5.56 Å². The SMILES string of the molecule is CN=C(NCCc1ccc(C)nc1)NCCc1ccc(OC)cc1Cl. The van der Waals surface area contributed by atoms with E-state index in [0.717, 1.165) is 53.9 Å². The molecule has 2 aromatic rings. The lowest BCUT2D eigenvalue weighted by Gasteiger charge is -2.12. The molecule has 2 rings (SSSR count). The third kappa shape index (κ3) is 6.27. The zero-order valence-electron chi connectivity index (χ0n) is 15.0. The topological polar surface area (TPSA) is 58.5 Å². The van der Waals surface area contributed by atoms with Gasteiger partial charge in [-0.15, -0.1) is 0 Å². The first-order valence-corrected chi connectivity index (χ1v) is 8.68. The van der Waals surface area contributed by atoms with Gasteiger partial charge in [0.1, 0.15) is 5.75 Å². The quantitative estimate of drug-likeness (QED) is 0.588. The van der Waals surface area contributed by atoms with Crippen LogP contribution >= 0.6 is 11.6 Å². The van der Waals surface area contributed by atoms with E-state index in [0.29, 0.717) is 0 Å². The Hall–Kier alpha value is -2.27. The van der Waals surface area contributed by atoms with E-state index in [-0.39, 0.29) is 0 Å². The maximum atomic E-state index is 6.26. The van der Waals surface area contributed by atoms with E-state index < -0.39 is 0 Å². The van der Waals surface area contributed by atoms with Gasteiger partial charge in [-0.3, -0.25) is 9.98 Å². The highest BCUT2D eigenvalue weighted by Crippen LogP contribution is 2.22. The van der Waals surface area contributed by atoms with E-state index in [1.807, 2.05) is 37.4 Å². The van der Waals surface area contributed by atoms with E-state index in [9.17, 15) is 0 Å². The predicted octanol–water partition coefficient (Wildman–Crippen LogP) is 3.00. The van der Waals surface area contributed by atoms with Crippen molar-refractivity contribution in [1.29, 1.82) is 0 Å². The third-order valence-electron chi connectivity index (χ3n) is 3.85. The van der Waals surface area contributed by atoms with Crippen molar-refractivity contribution in [3.63, 3.8) is 0 Å². The molecule has 5 nitrogen and oxygen atoms in total. The Labute approximate surface area is 154 Å². The van der Waals surface area contributed by atoms with Crippen molar-refractivity contribution in [2.24, 2.45) is 4.99 Å². The van der Waals surface area contributed by atoms with E-state index in [1.54, 1.807) is 14.2 Å². The smallest absolute Gasteiger partial charge is 0.190 e. The lowest BCUT2D eigenvalue weighted by Crippen LogP contribution is -2.39. The molecular formula is C19H25ClN4O. The van der Waals surface area contributed by atoms with Crippen LogP contribution in [0.2, 0.25) is 5.02 Å². The van der Waals surface area contributed by atoms with Gasteiger partial charge in [0.15, 0.2) is 5.96 Å². The fourth-order valence-corrected chi connectivity index (χ4v) is 2.63. The van der Waals surface area contributed by atoms with Crippen molar-refractivity contribution in [2.75, 3.05) is 27.2 Å². The van der Waals surface area contributed by atoms with Crippen molar-refractivity contribution < 1.29 is 4.74 Å². The average Bonchev–Trinajstić information content (AvgIpc) is 2.63. The number of methoxy groups -OCH3 is 1. The molecule has 0 bridgehead atoms. The molecule has 134 valence electrons. The third-order valence-corrected chi connectivity index (χ3v) is 4.20. The van der Waals surface area contributed by atoms with Gasteiger partial charge in [-0.05, 0) is 49.1 Å². The number of aromatic nitrogens is 1. The first-order valence-electron chi connectivity index (χ1n) is 8.31. The Balaban J connectivity index is 1.74. The summed E-state index contributed by atoms with van der Waals surface area (Å²) >= 11 is 6.26. The number of ether oxygens (including phenoxy) is 1. The zero-order valence-corrected chi connectivity index (χ0v) is 15.7. The van der Waals surface area contributed by atoms with E-state index in [4.69, 9.17) is 16.3 Å². The van der Waals surface area contributed by atoms with Crippen LogP contribution in [0.4, 0.5) is 0 Å². The van der Waals surface area contributed by atoms with Crippen molar-refractivity contribution in [3.05, 3.63) is 58.4 Å². The lowest BCUT2D eigenvalue weighted by molar-refractivity contribution is 0.414. The number of hydrogen-bond donors (Lipinski definition) is 2. The Morgan fingerprint density at radius 1 is 1.16 bits per heavy atom. The molecule has 1 heterocycles. The number of hydrogen-bond acceptors (Lipinski definition) is 3. The molecule has 0 fully saturated rings. The zero-order chi connectivity index (χ0) is 18.1. The Kier molecular flexibility index (Phi) is 7.54. The summed E-state index contributed by atoms with van der Waals surface area (Å²) in [6, 6.07) is 9.87. The van der Waals surface area contributed by atoms with Gasteiger partial charge in [-0.1, -0.05) is 23.7 Å². The summed E-state index contributed by atoms with van der Waals surface area (Å²) in [5.74, 6) is 1.55. The molecule has 0 atom stereocenters. The highest BCUT2D eigenvalue weighted by Gasteiger charge is 2.03. The summed E-state index contributed by atoms with van der Waals surface area (Å²) in [5.41, 5.74) is 3.32. The summed E-state index contributed by atoms with van der Waals surface area (Å²) in [5, 5.41) is 7.33. The number of pyridine rings is 1. The highest BCUT2D eigenvalue weighted by molar-refractivity contribution is 6.31. The molecule has 0 unspecified atom stereocenters.